The van der Waals surface area contributed by atoms with E-state index in [2.05, 4.69) is 5.32 Å². The Labute approximate surface area is 110 Å². The van der Waals surface area contributed by atoms with E-state index >= 15 is 0 Å². The molecular formula is C13H25NO3S. The molecule has 2 unspecified atom stereocenters. The van der Waals surface area contributed by atoms with Crippen LogP contribution in [0.15, 0.2) is 0 Å². The Balaban J connectivity index is 1.80. The standard InChI is InChI=1S/C13H25NO3S/c1-18(16,17)12-4-2-3-11(9-12)14-10-13(5-6-13)7-8-15/h11-12,14-15H,2-10H2,1H3. The Morgan fingerprint density at radius 3 is 2.61 bits per heavy atom. The SMILES string of the molecule is CS(=O)(=O)C1CCCC(NCC2(CCO)CC2)C1. The van der Waals surface area contributed by atoms with E-state index in [-0.39, 0.29) is 11.9 Å². The summed E-state index contributed by atoms with van der Waals surface area (Å²) in [6.07, 6.45) is 8.29. The fraction of sp³-hybridized carbons (Fsp3) is 1.00. The lowest BCUT2D eigenvalue weighted by molar-refractivity contribution is 0.237. The third kappa shape index (κ3) is 3.68. The number of aliphatic hydroxyl groups is 1. The highest BCUT2D eigenvalue weighted by Gasteiger charge is 2.42. The summed E-state index contributed by atoms with van der Waals surface area (Å²) in [5, 5.41) is 12.4. The summed E-state index contributed by atoms with van der Waals surface area (Å²) in [7, 11) is -2.89. The number of sulfone groups is 1. The molecule has 0 spiro atoms. The summed E-state index contributed by atoms with van der Waals surface area (Å²) in [4.78, 5) is 0. The molecule has 0 bridgehead atoms. The Hall–Kier alpha value is -0.130. The molecule has 5 heteroatoms. The van der Waals surface area contributed by atoms with Crippen molar-refractivity contribution in [1.29, 1.82) is 0 Å². The smallest absolute Gasteiger partial charge is 0.150 e. The largest absolute Gasteiger partial charge is 0.396 e. The number of hydrogen-bond donors (Lipinski definition) is 2. The van der Waals surface area contributed by atoms with E-state index in [1.165, 1.54) is 19.1 Å². The van der Waals surface area contributed by atoms with Gasteiger partial charge in [0.15, 0.2) is 0 Å². The second-order valence-electron chi connectivity index (χ2n) is 6.17. The monoisotopic (exact) mass is 275 g/mol. The van der Waals surface area contributed by atoms with Crippen LogP contribution >= 0.6 is 0 Å². The number of rotatable bonds is 6. The van der Waals surface area contributed by atoms with E-state index in [1.54, 1.807) is 0 Å². The zero-order chi connectivity index (χ0) is 13.2. The first-order valence-electron chi connectivity index (χ1n) is 6.98. The van der Waals surface area contributed by atoms with Crippen molar-refractivity contribution in [3.05, 3.63) is 0 Å². The maximum atomic E-state index is 11.6. The summed E-state index contributed by atoms with van der Waals surface area (Å²) in [6.45, 7) is 1.20. The van der Waals surface area contributed by atoms with Crippen LogP contribution in [0.4, 0.5) is 0 Å². The molecule has 0 aliphatic heterocycles. The molecular weight excluding hydrogens is 250 g/mol. The number of nitrogens with one attached hydrogen (secondary N) is 1. The van der Waals surface area contributed by atoms with Crippen LogP contribution in [0, 0.1) is 5.41 Å². The van der Waals surface area contributed by atoms with Crippen LogP contribution in [-0.2, 0) is 9.84 Å². The average molecular weight is 275 g/mol. The zero-order valence-electron chi connectivity index (χ0n) is 11.2. The van der Waals surface area contributed by atoms with Gasteiger partial charge in [0.25, 0.3) is 0 Å². The Morgan fingerprint density at radius 1 is 1.33 bits per heavy atom. The Bertz CT molecular complexity index is 376. The summed E-state index contributed by atoms with van der Waals surface area (Å²) in [5.74, 6) is 0. The predicted molar refractivity (Wildman–Crippen MR) is 72.3 cm³/mol. The molecule has 0 aromatic carbocycles. The Kier molecular flexibility index (Phi) is 4.34. The van der Waals surface area contributed by atoms with Crippen molar-refractivity contribution in [2.75, 3.05) is 19.4 Å². The van der Waals surface area contributed by atoms with E-state index in [9.17, 15) is 8.42 Å². The molecule has 0 heterocycles. The first-order chi connectivity index (χ1) is 8.45. The van der Waals surface area contributed by atoms with Gasteiger partial charge in [-0.3, -0.25) is 0 Å². The average Bonchev–Trinajstić information content (AvgIpc) is 3.07. The van der Waals surface area contributed by atoms with Gasteiger partial charge in [0.05, 0.1) is 5.25 Å². The molecule has 2 aliphatic rings. The fourth-order valence-corrected chi connectivity index (χ4v) is 4.19. The lowest BCUT2D eigenvalue weighted by Gasteiger charge is -2.30. The van der Waals surface area contributed by atoms with Crippen LogP contribution in [0.3, 0.4) is 0 Å². The number of aliphatic hydroxyl groups excluding tert-OH is 1. The minimum absolute atomic E-state index is 0.156. The quantitative estimate of drug-likeness (QED) is 0.761. The lowest BCUT2D eigenvalue weighted by Crippen LogP contribution is -2.41. The van der Waals surface area contributed by atoms with Gasteiger partial charge >= 0.3 is 0 Å². The zero-order valence-corrected chi connectivity index (χ0v) is 12.0. The lowest BCUT2D eigenvalue weighted by atomic mass is 9.93. The first-order valence-corrected chi connectivity index (χ1v) is 8.94. The molecule has 0 aromatic rings. The normalized spacial score (nSPS) is 31.2. The number of hydrogen-bond acceptors (Lipinski definition) is 4. The highest BCUT2D eigenvalue weighted by Crippen LogP contribution is 2.48. The van der Waals surface area contributed by atoms with Gasteiger partial charge in [-0.25, -0.2) is 8.42 Å². The van der Waals surface area contributed by atoms with Crippen molar-refractivity contribution in [2.45, 2.75) is 56.2 Å². The van der Waals surface area contributed by atoms with Crippen molar-refractivity contribution < 1.29 is 13.5 Å². The highest BCUT2D eigenvalue weighted by atomic mass is 32.2. The Morgan fingerprint density at radius 2 is 2.06 bits per heavy atom. The van der Waals surface area contributed by atoms with Crippen molar-refractivity contribution in [3.8, 4) is 0 Å². The van der Waals surface area contributed by atoms with Crippen LogP contribution in [0.2, 0.25) is 0 Å². The third-order valence-electron chi connectivity index (χ3n) is 4.60. The molecule has 0 radical (unpaired) electrons. The van der Waals surface area contributed by atoms with Crippen LogP contribution < -0.4 is 5.32 Å². The summed E-state index contributed by atoms with van der Waals surface area (Å²) in [5.41, 5.74) is 0.312. The topological polar surface area (TPSA) is 66.4 Å². The van der Waals surface area contributed by atoms with Crippen molar-refractivity contribution in [3.63, 3.8) is 0 Å². The van der Waals surface area contributed by atoms with Gasteiger partial charge in [-0.2, -0.15) is 0 Å². The minimum Gasteiger partial charge on any atom is -0.396 e. The molecule has 0 saturated heterocycles. The second-order valence-corrected chi connectivity index (χ2v) is 8.50. The molecule has 2 saturated carbocycles. The van der Waals surface area contributed by atoms with Crippen LogP contribution in [0.1, 0.15) is 44.9 Å². The van der Waals surface area contributed by atoms with Crippen molar-refractivity contribution in [1.82, 2.24) is 5.32 Å². The molecule has 0 amide bonds. The van der Waals surface area contributed by atoms with E-state index in [0.717, 1.165) is 38.6 Å². The fourth-order valence-electron chi connectivity index (χ4n) is 3.01. The van der Waals surface area contributed by atoms with Crippen molar-refractivity contribution in [2.24, 2.45) is 5.41 Å². The van der Waals surface area contributed by atoms with Gasteiger partial charge in [-0.1, -0.05) is 6.42 Å². The van der Waals surface area contributed by atoms with Gasteiger partial charge in [0, 0.05) is 25.4 Å². The molecule has 2 aliphatic carbocycles. The van der Waals surface area contributed by atoms with Gasteiger partial charge in [-0.05, 0) is 43.9 Å². The summed E-state index contributed by atoms with van der Waals surface area (Å²) >= 11 is 0. The molecule has 106 valence electrons. The van der Waals surface area contributed by atoms with Crippen LogP contribution in [-0.4, -0.2) is 44.2 Å². The molecule has 2 rings (SSSR count). The second kappa shape index (κ2) is 5.47. The maximum Gasteiger partial charge on any atom is 0.150 e. The predicted octanol–water partition coefficient (Wildman–Crippen LogP) is 1.09. The van der Waals surface area contributed by atoms with Gasteiger partial charge in [-0.15, -0.1) is 0 Å². The van der Waals surface area contributed by atoms with E-state index in [1.807, 2.05) is 0 Å². The molecule has 0 aromatic heterocycles. The maximum absolute atomic E-state index is 11.6. The van der Waals surface area contributed by atoms with E-state index in [4.69, 9.17) is 5.11 Å². The van der Waals surface area contributed by atoms with Crippen LogP contribution in [0.5, 0.6) is 0 Å². The molecule has 2 N–H and O–H groups in total. The summed E-state index contributed by atoms with van der Waals surface area (Å²) in [6, 6.07) is 0.342. The molecule has 2 fully saturated rings. The van der Waals surface area contributed by atoms with Gasteiger partial charge in [0.2, 0.25) is 0 Å². The van der Waals surface area contributed by atoms with Crippen LogP contribution in [0.25, 0.3) is 0 Å². The molecule has 4 nitrogen and oxygen atoms in total. The van der Waals surface area contributed by atoms with Gasteiger partial charge < -0.3 is 10.4 Å². The molecule has 2 atom stereocenters. The summed E-state index contributed by atoms with van der Waals surface area (Å²) < 4.78 is 23.2. The van der Waals surface area contributed by atoms with E-state index in [0.29, 0.717) is 11.5 Å². The highest BCUT2D eigenvalue weighted by molar-refractivity contribution is 7.91. The third-order valence-corrected chi connectivity index (χ3v) is 6.24. The minimum atomic E-state index is -2.89. The van der Waals surface area contributed by atoms with E-state index < -0.39 is 9.84 Å². The molecule has 18 heavy (non-hydrogen) atoms. The van der Waals surface area contributed by atoms with Crippen molar-refractivity contribution >= 4 is 9.84 Å². The van der Waals surface area contributed by atoms with Gasteiger partial charge in [0.1, 0.15) is 9.84 Å². The first kappa shape index (κ1) is 14.3.